The van der Waals surface area contributed by atoms with Crippen LogP contribution in [0.15, 0.2) is 16.2 Å². The third kappa shape index (κ3) is 6.83. The van der Waals surface area contributed by atoms with Gasteiger partial charge in [0, 0.05) is 4.91 Å². The van der Waals surface area contributed by atoms with Gasteiger partial charge >= 0.3 is 15.6 Å². The van der Waals surface area contributed by atoms with Crippen molar-refractivity contribution in [3.8, 4) is 0 Å². The van der Waals surface area contributed by atoms with E-state index in [2.05, 4.69) is 38.3 Å². The number of fused-ring (bicyclic) bond motifs is 1. The van der Waals surface area contributed by atoms with E-state index < -0.39 is 89.6 Å². The maximum Gasteiger partial charge on any atom is 0.483 e. The average molecular weight is 629 g/mol. The molecule has 0 aromatic carbocycles. The molecule has 24 heteroatoms. The van der Waals surface area contributed by atoms with E-state index in [1.165, 1.54) is 6.92 Å². The van der Waals surface area contributed by atoms with E-state index in [9.17, 15) is 49.2 Å². The van der Waals surface area contributed by atoms with E-state index >= 15 is 0 Å². The van der Waals surface area contributed by atoms with Crippen LogP contribution in [0.5, 0.6) is 0 Å². The third-order valence-corrected chi connectivity index (χ3v) is 8.60. The van der Waals surface area contributed by atoms with E-state index in [-0.39, 0.29) is 17.0 Å². The molecule has 2 aromatic heterocycles. The standard InChI is InChI=1S/C17H25N7O15P2/c1-5-21-14-8(15(30)22-5)19-4-24(14)16-12(28)10(26)7(36-16)3-35-40(31,32)39-41(33,34)38-17-13(29)11(27)9(25)6(37-17)2-20-23-18/h4,6-7,9-13,16-17,25-29H,2-3H2,1H3,(H,31,32)(H,33,34)(H,21,22,30)/t6?,7-,9-,10+,11+,12?,13?,16-,17-/m1/s1. The second-order valence-electron chi connectivity index (χ2n) is 8.87. The zero-order valence-corrected chi connectivity index (χ0v) is 22.5. The Morgan fingerprint density at radius 2 is 1.76 bits per heavy atom. The van der Waals surface area contributed by atoms with Gasteiger partial charge in [-0.1, -0.05) is 5.11 Å². The highest BCUT2D eigenvalue weighted by molar-refractivity contribution is 7.61. The summed E-state index contributed by atoms with van der Waals surface area (Å²) in [6, 6.07) is 0. The SMILES string of the molecule is Cc1nc2c(ncn2[C@@H]2O[C@H](COP(=O)(O)OP(=O)(O)O[C@H]3OC(CN=[N+]=[N-])[C@@H](O)[C@H](O)C3O)[C@H](O)C2O)c(=O)[nH]1. The number of nitrogens with zero attached hydrogens (tertiary/aromatic N) is 6. The Bertz CT molecular complexity index is 1470. The number of phosphoric ester groups is 2. The van der Waals surface area contributed by atoms with Gasteiger partial charge in [-0.05, 0) is 12.5 Å². The minimum atomic E-state index is -5.62. The predicted octanol–water partition coefficient (Wildman–Crippen LogP) is -2.58. The lowest BCUT2D eigenvalue weighted by atomic mass is 9.99. The Hall–Kier alpha value is -2.36. The van der Waals surface area contributed by atoms with E-state index in [0.717, 1.165) is 10.9 Å². The Labute approximate surface area is 227 Å². The summed E-state index contributed by atoms with van der Waals surface area (Å²) in [5.74, 6) is 0.217. The summed E-state index contributed by atoms with van der Waals surface area (Å²) in [6.07, 6.45) is -14.8. The number of H-pyrrole nitrogens is 1. The van der Waals surface area contributed by atoms with Crippen LogP contribution in [0, 0.1) is 6.92 Å². The van der Waals surface area contributed by atoms with Crippen LogP contribution in [0.2, 0.25) is 0 Å². The van der Waals surface area contributed by atoms with Crippen LogP contribution < -0.4 is 5.56 Å². The topological polar surface area (TPSA) is 334 Å². The number of ether oxygens (including phenoxy) is 2. The molecule has 41 heavy (non-hydrogen) atoms. The zero-order chi connectivity index (χ0) is 30.3. The first-order valence-corrected chi connectivity index (χ1v) is 14.5. The Morgan fingerprint density at radius 1 is 1.07 bits per heavy atom. The minimum absolute atomic E-state index is 0.00465. The van der Waals surface area contributed by atoms with Crippen LogP contribution in [-0.2, 0) is 32.0 Å². The fourth-order valence-corrected chi connectivity index (χ4v) is 6.22. The van der Waals surface area contributed by atoms with Gasteiger partial charge in [0.15, 0.2) is 23.7 Å². The molecule has 4 rings (SSSR count). The molecule has 5 unspecified atom stereocenters. The van der Waals surface area contributed by atoms with Crippen molar-refractivity contribution in [3.05, 3.63) is 32.9 Å². The maximum absolute atomic E-state index is 12.4. The number of aromatic amines is 1. The van der Waals surface area contributed by atoms with Crippen LogP contribution in [0.25, 0.3) is 21.6 Å². The molecule has 8 N–H and O–H groups in total. The fraction of sp³-hybridized carbons (Fsp3) is 0.706. The van der Waals surface area contributed by atoms with Gasteiger partial charge in [0.1, 0.15) is 42.4 Å². The van der Waals surface area contributed by atoms with E-state index in [4.69, 9.17) is 15.0 Å². The molecule has 2 saturated heterocycles. The molecule has 11 atom stereocenters. The van der Waals surface area contributed by atoms with Gasteiger partial charge in [-0.25, -0.2) is 19.1 Å². The lowest BCUT2D eigenvalue weighted by Gasteiger charge is -2.39. The van der Waals surface area contributed by atoms with Crippen molar-refractivity contribution in [2.24, 2.45) is 5.11 Å². The number of aliphatic hydroxyl groups excluding tert-OH is 5. The molecule has 0 bridgehead atoms. The number of hydrogen-bond donors (Lipinski definition) is 8. The van der Waals surface area contributed by atoms with Crippen molar-refractivity contribution >= 4 is 26.8 Å². The van der Waals surface area contributed by atoms with Crippen LogP contribution >= 0.6 is 15.6 Å². The molecule has 22 nitrogen and oxygen atoms in total. The van der Waals surface area contributed by atoms with Gasteiger partial charge < -0.3 is 49.8 Å². The summed E-state index contributed by atoms with van der Waals surface area (Å²) >= 11 is 0. The number of aromatic nitrogens is 4. The number of rotatable bonds is 10. The molecular weight excluding hydrogens is 604 g/mol. The molecule has 0 saturated carbocycles. The van der Waals surface area contributed by atoms with Crippen molar-refractivity contribution in [1.29, 1.82) is 0 Å². The number of hydrogen-bond acceptors (Lipinski definition) is 16. The van der Waals surface area contributed by atoms with Crippen LogP contribution in [0.1, 0.15) is 12.1 Å². The van der Waals surface area contributed by atoms with Crippen molar-refractivity contribution < 1.29 is 67.3 Å². The van der Waals surface area contributed by atoms with Crippen molar-refractivity contribution in [2.45, 2.75) is 62.2 Å². The molecule has 228 valence electrons. The van der Waals surface area contributed by atoms with Gasteiger partial charge in [-0.15, -0.1) is 0 Å². The van der Waals surface area contributed by atoms with Crippen LogP contribution in [0.4, 0.5) is 0 Å². The van der Waals surface area contributed by atoms with Gasteiger partial charge in [-0.2, -0.15) is 4.31 Å². The van der Waals surface area contributed by atoms with Crippen molar-refractivity contribution in [3.63, 3.8) is 0 Å². The molecule has 0 spiro atoms. The molecule has 0 aliphatic carbocycles. The number of nitrogens with one attached hydrogen (secondary N) is 1. The summed E-state index contributed by atoms with van der Waals surface area (Å²) in [4.78, 5) is 44.9. The van der Waals surface area contributed by atoms with E-state index in [0.29, 0.717) is 0 Å². The molecule has 0 amide bonds. The van der Waals surface area contributed by atoms with E-state index in [1.54, 1.807) is 0 Å². The van der Waals surface area contributed by atoms with E-state index in [1.807, 2.05) is 0 Å². The van der Waals surface area contributed by atoms with Gasteiger partial charge in [0.25, 0.3) is 5.56 Å². The minimum Gasteiger partial charge on any atom is -0.388 e. The Balaban J connectivity index is 1.39. The highest BCUT2D eigenvalue weighted by atomic mass is 31.3. The Morgan fingerprint density at radius 3 is 2.44 bits per heavy atom. The highest BCUT2D eigenvalue weighted by Gasteiger charge is 2.49. The van der Waals surface area contributed by atoms with Crippen molar-refractivity contribution in [2.75, 3.05) is 13.2 Å². The fourth-order valence-electron chi connectivity index (χ4n) is 4.06. The largest absolute Gasteiger partial charge is 0.483 e. The zero-order valence-electron chi connectivity index (χ0n) is 20.7. The number of aryl methyl sites for hydroxylation is 1. The summed E-state index contributed by atoms with van der Waals surface area (Å²) in [5, 5.41) is 53.8. The Kier molecular flexibility index (Phi) is 9.31. The second-order valence-corrected chi connectivity index (χ2v) is 11.9. The molecule has 2 aliphatic heterocycles. The lowest BCUT2D eigenvalue weighted by Crippen LogP contribution is -2.58. The lowest BCUT2D eigenvalue weighted by molar-refractivity contribution is -0.272. The molecule has 0 radical (unpaired) electrons. The normalized spacial score (nSPS) is 35.1. The molecule has 4 heterocycles. The maximum atomic E-state index is 12.4. The number of imidazole rings is 1. The first-order chi connectivity index (χ1) is 19.1. The average Bonchev–Trinajstić information content (AvgIpc) is 3.42. The van der Waals surface area contributed by atoms with Gasteiger partial charge in [0.2, 0.25) is 0 Å². The molecule has 2 aliphatic rings. The third-order valence-electron chi connectivity index (χ3n) is 6.00. The summed E-state index contributed by atoms with van der Waals surface area (Å²) < 4.78 is 49.7. The number of azide groups is 1. The quantitative estimate of drug-likeness (QED) is 0.0578. The summed E-state index contributed by atoms with van der Waals surface area (Å²) in [6.45, 7) is -0.0762. The highest BCUT2D eigenvalue weighted by Crippen LogP contribution is 2.61. The molecular formula is C17H25N7O15P2. The van der Waals surface area contributed by atoms with Crippen LogP contribution in [0.3, 0.4) is 0 Å². The smallest absolute Gasteiger partial charge is 0.388 e. The number of aliphatic hydroxyl groups is 5. The molecule has 2 fully saturated rings. The predicted molar refractivity (Wildman–Crippen MR) is 127 cm³/mol. The first kappa shape index (κ1) is 31.6. The second kappa shape index (κ2) is 12.1. The van der Waals surface area contributed by atoms with Crippen LogP contribution in [-0.4, -0.2) is 117 Å². The molecule has 2 aromatic rings. The number of phosphoric acid groups is 2. The summed E-state index contributed by atoms with van der Waals surface area (Å²) in [5.41, 5.74) is 7.75. The van der Waals surface area contributed by atoms with Gasteiger partial charge in [0.05, 0.1) is 25.6 Å². The monoisotopic (exact) mass is 629 g/mol. The van der Waals surface area contributed by atoms with Crippen molar-refractivity contribution in [1.82, 2.24) is 19.5 Å². The first-order valence-electron chi connectivity index (χ1n) is 11.5. The summed E-state index contributed by atoms with van der Waals surface area (Å²) in [7, 11) is -11.1. The van der Waals surface area contributed by atoms with Gasteiger partial charge in [-0.3, -0.25) is 18.4 Å².